The number of hydrogen-bond acceptors (Lipinski definition) is 9. The molecule has 0 unspecified atom stereocenters. The number of thiazole rings is 1. The molecule has 0 aliphatic carbocycles. The lowest BCUT2D eigenvalue weighted by atomic mass is 10.2. The van der Waals surface area contributed by atoms with Gasteiger partial charge in [-0.25, -0.2) is 14.8 Å². The molecule has 0 saturated carbocycles. The van der Waals surface area contributed by atoms with Crippen LogP contribution in [0.3, 0.4) is 0 Å². The van der Waals surface area contributed by atoms with Gasteiger partial charge in [0.2, 0.25) is 11.1 Å². The highest BCUT2D eigenvalue weighted by molar-refractivity contribution is 8.01. The molecule has 2 aromatic heterocycles. The second-order valence-corrected chi connectivity index (χ2v) is 8.17. The lowest BCUT2D eigenvalue weighted by molar-refractivity contribution is -0.113. The first kappa shape index (κ1) is 17.1. The van der Waals surface area contributed by atoms with E-state index in [2.05, 4.69) is 19.7 Å². The first-order valence-electron chi connectivity index (χ1n) is 6.49. The van der Waals surface area contributed by atoms with E-state index >= 15 is 0 Å². The van der Waals surface area contributed by atoms with Gasteiger partial charge in [0.1, 0.15) is 0 Å². The monoisotopic (exact) mass is 398 g/mol. The van der Waals surface area contributed by atoms with Crippen molar-refractivity contribution in [1.29, 1.82) is 0 Å². The number of anilines is 1. The van der Waals surface area contributed by atoms with Crippen LogP contribution in [0.5, 0.6) is 0 Å². The molecule has 3 aromatic rings. The van der Waals surface area contributed by atoms with E-state index in [-0.39, 0.29) is 17.2 Å². The van der Waals surface area contributed by atoms with Crippen LogP contribution >= 0.6 is 46.4 Å². The van der Waals surface area contributed by atoms with Crippen molar-refractivity contribution >= 4 is 73.6 Å². The van der Waals surface area contributed by atoms with Crippen LogP contribution in [0.4, 0.5) is 5.13 Å². The number of nitrogens with zero attached hydrogens (tertiary/aromatic N) is 3. The summed E-state index contributed by atoms with van der Waals surface area (Å²) in [6.07, 6.45) is 1.89. The van der Waals surface area contributed by atoms with Gasteiger partial charge in [0.15, 0.2) is 9.47 Å². The Labute approximate surface area is 153 Å². The normalized spacial score (nSPS) is 10.9. The molecule has 0 bridgehead atoms. The highest BCUT2D eigenvalue weighted by Crippen LogP contribution is 2.28. The number of carbonyl (C=O) groups is 2. The van der Waals surface area contributed by atoms with Crippen molar-refractivity contribution in [3.8, 4) is 0 Å². The molecular formula is C13H10N4O3S4. The molecule has 2 heterocycles. The lowest BCUT2D eigenvalue weighted by Gasteiger charge is -1.98. The third-order valence-corrected chi connectivity index (χ3v) is 6.21. The third kappa shape index (κ3) is 4.04. The van der Waals surface area contributed by atoms with Crippen LogP contribution in [0.1, 0.15) is 10.4 Å². The number of amides is 1. The van der Waals surface area contributed by atoms with E-state index in [1.807, 2.05) is 6.26 Å². The van der Waals surface area contributed by atoms with Crippen molar-refractivity contribution in [2.24, 2.45) is 0 Å². The van der Waals surface area contributed by atoms with Crippen molar-refractivity contribution in [2.75, 3.05) is 17.3 Å². The summed E-state index contributed by atoms with van der Waals surface area (Å²) in [7, 11) is 0. The van der Waals surface area contributed by atoms with Crippen LogP contribution in [0.25, 0.3) is 10.2 Å². The first-order chi connectivity index (χ1) is 11.5. The molecule has 0 saturated heterocycles. The summed E-state index contributed by atoms with van der Waals surface area (Å²) in [5.41, 5.74) is 0.849. The van der Waals surface area contributed by atoms with Gasteiger partial charge < -0.3 is 10.4 Å². The topological polar surface area (TPSA) is 105 Å². The third-order valence-electron chi connectivity index (χ3n) is 2.78. The Balaban J connectivity index is 1.63. The average molecular weight is 399 g/mol. The number of fused-ring (bicyclic) bond motifs is 1. The van der Waals surface area contributed by atoms with E-state index in [9.17, 15) is 9.59 Å². The van der Waals surface area contributed by atoms with Crippen molar-refractivity contribution < 1.29 is 14.7 Å². The predicted octanol–water partition coefficient (Wildman–Crippen LogP) is 3.30. The molecule has 0 fully saturated rings. The number of aromatic nitrogens is 3. The molecule has 3 rings (SSSR count). The molecule has 2 N–H and O–H groups in total. The summed E-state index contributed by atoms with van der Waals surface area (Å²) in [6.45, 7) is 0. The predicted molar refractivity (Wildman–Crippen MR) is 97.6 cm³/mol. The molecule has 7 nitrogen and oxygen atoms in total. The number of aromatic carboxylic acids is 1. The molecule has 0 atom stereocenters. The second kappa shape index (κ2) is 7.47. The van der Waals surface area contributed by atoms with E-state index in [0.29, 0.717) is 20.5 Å². The fourth-order valence-electron chi connectivity index (χ4n) is 1.73. The van der Waals surface area contributed by atoms with Crippen LogP contribution in [0.2, 0.25) is 0 Å². The summed E-state index contributed by atoms with van der Waals surface area (Å²) >= 11 is 5.28. The van der Waals surface area contributed by atoms with Crippen LogP contribution in [-0.2, 0) is 4.79 Å². The van der Waals surface area contributed by atoms with Crippen molar-refractivity contribution in [3.05, 3.63) is 23.8 Å². The summed E-state index contributed by atoms with van der Waals surface area (Å²) in [4.78, 5) is 31.5. The van der Waals surface area contributed by atoms with E-state index in [4.69, 9.17) is 5.11 Å². The fraction of sp³-hybridized carbons (Fsp3) is 0.154. The van der Waals surface area contributed by atoms with Crippen molar-refractivity contribution in [3.63, 3.8) is 0 Å². The van der Waals surface area contributed by atoms with Gasteiger partial charge >= 0.3 is 5.97 Å². The molecule has 11 heteroatoms. The van der Waals surface area contributed by atoms with Gasteiger partial charge in [0.05, 0.1) is 21.5 Å². The quantitative estimate of drug-likeness (QED) is 0.609. The maximum absolute atomic E-state index is 12.0. The maximum atomic E-state index is 12.0. The van der Waals surface area contributed by atoms with Crippen LogP contribution in [0.15, 0.2) is 27.7 Å². The summed E-state index contributed by atoms with van der Waals surface area (Å²) in [5, 5.41) is 12.9. The molecule has 0 radical (unpaired) electrons. The Hall–Kier alpha value is -1.69. The molecule has 24 heavy (non-hydrogen) atoms. The minimum atomic E-state index is -0.992. The molecule has 0 spiro atoms. The minimum absolute atomic E-state index is 0.195. The Kier molecular flexibility index (Phi) is 5.33. The van der Waals surface area contributed by atoms with Crippen LogP contribution in [0, 0.1) is 0 Å². The van der Waals surface area contributed by atoms with Crippen molar-refractivity contribution in [1.82, 2.24) is 14.3 Å². The highest BCUT2D eigenvalue weighted by Gasteiger charge is 2.12. The van der Waals surface area contributed by atoms with E-state index in [0.717, 1.165) is 4.34 Å². The SMILES string of the molecule is CSc1nsc(SCC(=O)Nc2nc3ccc(C(=O)O)cc3s2)n1. The molecule has 0 aliphatic rings. The Morgan fingerprint density at radius 3 is 2.88 bits per heavy atom. The van der Waals surface area contributed by atoms with Crippen molar-refractivity contribution in [2.45, 2.75) is 9.50 Å². The smallest absolute Gasteiger partial charge is 0.335 e. The number of nitrogens with one attached hydrogen (secondary N) is 1. The fourth-order valence-corrected chi connectivity index (χ4v) is 4.66. The standard InChI is InChI=1S/C13H10N4O3S4/c1-21-12-16-13(24-17-12)22-5-9(18)15-11-14-7-3-2-6(10(19)20)4-8(7)23-11/h2-4H,5H2,1H3,(H,19,20)(H,14,15,18). The Morgan fingerprint density at radius 1 is 1.33 bits per heavy atom. The molecule has 1 aromatic carbocycles. The molecule has 1 amide bonds. The largest absolute Gasteiger partial charge is 0.478 e. The van der Waals surface area contributed by atoms with E-state index in [1.165, 1.54) is 52.5 Å². The van der Waals surface area contributed by atoms with Gasteiger partial charge in [-0.2, -0.15) is 4.37 Å². The molecule has 0 aliphatic heterocycles. The zero-order chi connectivity index (χ0) is 17.1. The number of carboxylic acids is 1. The van der Waals surface area contributed by atoms with E-state index in [1.54, 1.807) is 12.1 Å². The summed E-state index contributed by atoms with van der Waals surface area (Å²) in [6, 6.07) is 4.67. The minimum Gasteiger partial charge on any atom is -0.478 e. The second-order valence-electron chi connectivity index (χ2n) is 4.39. The lowest BCUT2D eigenvalue weighted by Crippen LogP contribution is -2.13. The maximum Gasteiger partial charge on any atom is 0.335 e. The molecular weight excluding hydrogens is 388 g/mol. The number of hydrogen-bond donors (Lipinski definition) is 2. The Morgan fingerprint density at radius 2 is 2.17 bits per heavy atom. The number of carbonyl (C=O) groups excluding carboxylic acids is 1. The van der Waals surface area contributed by atoms with Gasteiger partial charge in [-0.3, -0.25) is 4.79 Å². The average Bonchev–Trinajstić information content (AvgIpc) is 3.17. The van der Waals surface area contributed by atoms with E-state index < -0.39 is 5.97 Å². The summed E-state index contributed by atoms with van der Waals surface area (Å²) in [5.74, 6) is -0.980. The number of benzene rings is 1. The first-order valence-corrected chi connectivity index (χ1v) is 10.3. The van der Waals surface area contributed by atoms with Crippen LogP contribution < -0.4 is 5.32 Å². The van der Waals surface area contributed by atoms with Gasteiger partial charge in [-0.05, 0) is 36.0 Å². The molecule has 124 valence electrons. The summed E-state index contributed by atoms with van der Waals surface area (Å²) < 4.78 is 5.59. The Bertz CT molecular complexity index is 908. The van der Waals surface area contributed by atoms with Gasteiger partial charge in [-0.1, -0.05) is 34.9 Å². The van der Waals surface area contributed by atoms with Gasteiger partial charge in [0, 0.05) is 0 Å². The number of thioether (sulfide) groups is 2. The zero-order valence-electron chi connectivity index (χ0n) is 12.2. The van der Waals surface area contributed by atoms with Gasteiger partial charge in [-0.15, -0.1) is 0 Å². The zero-order valence-corrected chi connectivity index (χ0v) is 15.4. The number of rotatable bonds is 6. The van der Waals surface area contributed by atoms with Crippen LogP contribution in [-0.4, -0.2) is 43.3 Å². The highest BCUT2D eigenvalue weighted by atomic mass is 32.2. The van der Waals surface area contributed by atoms with Gasteiger partial charge in [0.25, 0.3) is 0 Å². The number of carboxylic acid groups (broad SMARTS) is 1.